The summed E-state index contributed by atoms with van der Waals surface area (Å²) in [4.78, 5) is 0. The average molecular weight is 309 g/mol. The maximum absolute atomic E-state index is 6.08. The average Bonchev–Trinajstić information content (AvgIpc) is 2.27. The van der Waals surface area contributed by atoms with Gasteiger partial charge in [-0.2, -0.15) is 0 Å². The number of benzene rings is 1. The van der Waals surface area contributed by atoms with Crippen LogP contribution in [0.15, 0.2) is 22.7 Å². The quantitative estimate of drug-likeness (QED) is 0.820. The minimum atomic E-state index is -0.228. The molecule has 0 spiro atoms. The zero-order valence-electron chi connectivity index (χ0n) is 9.30. The Bertz CT molecular complexity index is 332. The van der Waals surface area contributed by atoms with Crippen LogP contribution in [0.5, 0.6) is 0 Å². The van der Waals surface area contributed by atoms with E-state index in [-0.39, 0.29) is 6.29 Å². The van der Waals surface area contributed by atoms with Crippen molar-refractivity contribution in [2.45, 2.75) is 12.8 Å². The monoisotopic (exact) mass is 307 g/mol. The molecule has 1 N–H and O–H groups in total. The van der Waals surface area contributed by atoms with Gasteiger partial charge >= 0.3 is 0 Å². The van der Waals surface area contributed by atoms with E-state index in [0.29, 0.717) is 13.1 Å². The lowest BCUT2D eigenvalue weighted by atomic mass is 10.2. The molecule has 90 valence electrons. The Balaban J connectivity index is 2.42. The molecule has 16 heavy (non-hydrogen) atoms. The molecule has 0 saturated heterocycles. The van der Waals surface area contributed by atoms with Gasteiger partial charge in [-0.25, -0.2) is 0 Å². The zero-order valence-corrected chi connectivity index (χ0v) is 11.6. The fourth-order valence-corrected chi connectivity index (χ4v) is 1.99. The van der Waals surface area contributed by atoms with E-state index in [1.807, 2.05) is 18.2 Å². The van der Waals surface area contributed by atoms with Crippen LogP contribution in [0.25, 0.3) is 0 Å². The normalized spacial score (nSPS) is 11.1. The molecule has 0 amide bonds. The summed E-state index contributed by atoms with van der Waals surface area (Å²) in [5, 5.41) is 3.96. The second kappa shape index (κ2) is 7.25. The first-order valence-corrected chi connectivity index (χ1v) is 6.04. The van der Waals surface area contributed by atoms with Crippen LogP contribution >= 0.6 is 27.5 Å². The second-order valence-electron chi connectivity index (χ2n) is 3.27. The largest absolute Gasteiger partial charge is 0.355 e. The van der Waals surface area contributed by atoms with Crippen molar-refractivity contribution in [2.75, 3.05) is 20.8 Å². The smallest absolute Gasteiger partial charge is 0.169 e. The summed E-state index contributed by atoms with van der Waals surface area (Å²) < 4.78 is 11.1. The first-order chi connectivity index (χ1) is 7.67. The number of rotatable bonds is 6. The van der Waals surface area contributed by atoms with E-state index in [1.165, 1.54) is 0 Å². The summed E-state index contributed by atoms with van der Waals surface area (Å²) in [5.74, 6) is 0. The van der Waals surface area contributed by atoms with E-state index in [0.717, 1.165) is 15.1 Å². The third-order valence-corrected chi connectivity index (χ3v) is 3.01. The minimum absolute atomic E-state index is 0.228. The van der Waals surface area contributed by atoms with Gasteiger partial charge in [-0.05, 0) is 17.7 Å². The highest BCUT2D eigenvalue weighted by atomic mass is 79.9. The van der Waals surface area contributed by atoms with Gasteiger partial charge in [0.1, 0.15) is 0 Å². The van der Waals surface area contributed by atoms with Gasteiger partial charge in [0.2, 0.25) is 0 Å². The SMILES string of the molecule is COC(CNCc1ccc(Br)cc1Cl)OC. The van der Waals surface area contributed by atoms with Gasteiger partial charge in [0.25, 0.3) is 0 Å². The topological polar surface area (TPSA) is 30.5 Å². The lowest BCUT2D eigenvalue weighted by Gasteiger charge is -2.14. The molecular formula is C11H15BrClNO2. The minimum Gasteiger partial charge on any atom is -0.355 e. The van der Waals surface area contributed by atoms with Crippen molar-refractivity contribution in [3.8, 4) is 0 Å². The Hall–Kier alpha value is -0.130. The van der Waals surface area contributed by atoms with Gasteiger partial charge in [0.05, 0.1) is 0 Å². The van der Waals surface area contributed by atoms with Gasteiger partial charge in [-0.3, -0.25) is 0 Å². The van der Waals surface area contributed by atoms with Crippen LogP contribution in [-0.4, -0.2) is 27.1 Å². The molecule has 1 aromatic carbocycles. The number of halogens is 2. The molecule has 3 nitrogen and oxygen atoms in total. The van der Waals surface area contributed by atoms with E-state index in [1.54, 1.807) is 14.2 Å². The van der Waals surface area contributed by atoms with E-state index in [4.69, 9.17) is 21.1 Å². The Kier molecular flexibility index (Phi) is 6.31. The van der Waals surface area contributed by atoms with Crippen molar-refractivity contribution in [3.05, 3.63) is 33.3 Å². The van der Waals surface area contributed by atoms with E-state index in [9.17, 15) is 0 Å². The van der Waals surface area contributed by atoms with Crippen molar-refractivity contribution in [1.82, 2.24) is 5.32 Å². The Morgan fingerprint density at radius 3 is 2.62 bits per heavy atom. The predicted octanol–water partition coefficient (Wildman–Crippen LogP) is 2.81. The molecule has 0 heterocycles. The number of ether oxygens (including phenoxy) is 2. The van der Waals surface area contributed by atoms with Crippen molar-refractivity contribution >= 4 is 27.5 Å². The standard InChI is InChI=1S/C11H15BrClNO2/c1-15-11(16-2)7-14-6-8-3-4-9(12)5-10(8)13/h3-5,11,14H,6-7H2,1-2H3. The highest BCUT2D eigenvalue weighted by molar-refractivity contribution is 9.10. The maximum atomic E-state index is 6.08. The Labute approximate surface area is 109 Å². The van der Waals surface area contributed by atoms with Crippen LogP contribution in [0.4, 0.5) is 0 Å². The number of nitrogens with one attached hydrogen (secondary N) is 1. The van der Waals surface area contributed by atoms with Gasteiger partial charge in [0, 0.05) is 36.8 Å². The van der Waals surface area contributed by atoms with Gasteiger partial charge < -0.3 is 14.8 Å². The fourth-order valence-electron chi connectivity index (χ4n) is 1.25. The molecule has 0 atom stereocenters. The van der Waals surface area contributed by atoms with Crippen molar-refractivity contribution < 1.29 is 9.47 Å². The van der Waals surface area contributed by atoms with Crippen LogP contribution in [0, 0.1) is 0 Å². The van der Waals surface area contributed by atoms with E-state index < -0.39 is 0 Å². The van der Waals surface area contributed by atoms with Crippen molar-refractivity contribution in [3.63, 3.8) is 0 Å². The lowest BCUT2D eigenvalue weighted by molar-refractivity contribution is -0.0989. The summed E-state index contributed by atoms with van der Waals surface area (Å²) >= 11 is 9.45. The summed E-state index contributed by atoms with van der Waals surface area (Å²) in [6.07, 6.45) is -0.228. The molecule has 0 radical (unpaired) electrons. The molecule has 0 bridgehead atoms. The summed E-state index contributed by atoms with van der Waals surface area (Å²) in [6.45, 7) is 1.31. The molecule has 1 rings (SSSR count). The van der Waals surface area contributed by atoms with Gasteiger partial charge in [-0.15, -0.1) is 0 Å². The van der Waals surface area contributed by atoms with Crippen LogP contribution in [0.2, 0.25) is 5.02 Å². The molecule has 5 heteroatoms. The maximum Gasteiger partial charge on any atom is 0.169 e. The molecule has 0 fully saturated rings. The highest BCUT2D eigenvalue weighted by Gasteiger charge is 2.05. The first kappa shape index (κ1) is 13.9. The van der Waals surface area contributed by atoms with E-state index in [2.05, 4.69) is 21.2 Å². The molecule has 0 aromatic heterocycles. The molecule has 0 aliphatic carbocycles. The van der Waals surface area contributed by atoms with E-state index >= 15 is 0 Å². The van der Waals surface area contributed by atoms with Crippen LogP contribution in [-0.2, 0) is 16.0 Å². The summed E-state index contributed by atoms with van der Waals surface area (Å²) in [5.41, 5.74) is 1.05. The molecular weight excluding hydrogens is 293 g/mol. The van der Waals surface area contributed by atoms with Crippen LogP contribution in [0.3, 0.4) is 0 Å². The molecule has 0 aliphatic heterocycles. The lowest BCUT2D eigenvalue weighted by Crippen LogP contribution is -2.29. The third-order valence-electron chi connectivity index (χ3n) is 2.17. The summed E-state index contributed by atoms with van der Waals surface area (Å²) in [6, 6.07) is 5.82. The zero-order chi connectivity index (χ0) is 12.0. The second-order valence-corrected chi connectivity index (χ2v) is 4.59. The summed E-state index contributed by atoms with van der Waals surface area (Å²) in [7, 11) is 3.23. The molecule has 0 unspecified atom stereocenters. The van der Waals surface area contributed by atoms with Crippen molar-refractivity contribution in [1.29, 1.82) is 0 Å². The predicted molar refractivity (Wildman–Crippen MR) is 68.7 cm³/mol. The van der Waals surface area contributed by atoms with Gasteiger partial charge in [-0.1, -0.05) is 33.6 Å². The third kappa shape index (κ3) is 4.39. The number of methoxy groups -OCH3 is 2. The van der Waals surface area contributed by atoms with Crippen molar-refractivity contribution in [2.24, 2.45) is 0 Å². The molecule has 0 aliphatic rings. The van der Waals surface area contributed by atoms with Crippen LogP contribution in [0.1, 0.15) is 5.56 Å². The highest BCUT2D eigenvalue weighted by Crippen LogP contribution is 2.21. The molecule has 0 saturated carbocycles. The fraction of sp³-hybridized carbons (Fsp3) is 0.455. The van der Waals surface area contributed by atoms with Crippen LogP contribution < -0.4 is 5.32 Å². The number of hydrogen-bond donors (Lipinski definition) is 1. The molecule has 1 aromatic rings. The Morgan fingerprint density at radius 2 is 2.06 bits per heavy atom. The van der Waals surface area contributed by atoms with Gasteiger partial charge in [0.15, 0.2) is 6.29 Å². The first-order valence-electron chi connectivity index (χ1n) is 4.87. The number of hydrogen-bond acceptors (Lipinski definition) is 3. The Morgan fingerprint density at radius 1 is 1.38 bits per heavy atom.